The molecule has 0 unspecified atom stereocenters. The third-order valence-electron chi connectivity index (χ3n) is 3.63. The molecule has 0 bridgehead atoms. The summed E-state index contributed by atoms with van der Waals surface area (Å²) in [7, 11) is 0. The molecule has 0 aromatic carbocycles. The van der Waals surface area contributed by atoms with E-state index in [1.165, 1.54) is 24.0 Å². The van der Waals surface area contributed by atoms with Crippen molar-refractivity contribution < 1.29 is 0 Å². The fourth-order valence-electron chi connectivity index (χ4n) is 2.56. The molecule has 1 aliphatic heterocycles. The van der Waals surface area contributed by atoms with Gasteiger partial charge in [-0.3, -0.25) is 0 Å². The van der Waals surface area contributed by atoms with Gasteiger partial charge < -0.3 is 10.6 Å². The second-order valence-corrected chi connectivity index (χ2v) is 5.20. The first-order valence-corrected chi connectivity index (χ1v) is 5.98. The summed E-state index contributed by atoms with van der Waals surface area (Å²) >= 11 is 0. The maximum Gasteiger partial charge on any atom is 0.133 e. The van der Waals surface area contributed by atoms with Crippen molar-refractivity contribution in [1.29, 1.82) is 0 Å². The molecular formula is C13H21N3. The fraction of sp³-hybridized carbons (Fsp3) is 0.615. The van der Waals surface area contributed by atoms with Gasteiger partial charge in [0, 0.05) is 30.4 Å². The minimum absolute atomic E-state index is 0.213. The molecule has 0 atom stereocenters. The molecular weight excluding hydrogens is 198 g/mol. The SMILES string of the molecule is Cc1ccnc(N2CCCC2(C)C)c1CN. The van der Waals surface area contributed by atoms with Crippen LogP contribution in [0, 0.1) is 6.92 Å². The molecule has 0 aliphatic carbocycles. The van der Waals surface area contributed by atoms with Crippen molar-refractivity contribution in [2.75, 3.05) is 11.4 Å². The van der Waals surface area contributed by atoms with Gasteiger partial charge in [-0.2, -0.15) is 0 Å². The summed E-state index contributed by atoms with van der Waals surface area (Å²) in [6.45, 7) is 8.34. The van der Waals surface area contributed by atoms with Gasteiger partial charge in [-0.05, 0) is 45.2 Å². The first-order chi connectivity index (χ1) is 7.56. The number of rotatable bonds is 2. The lowest BCUT2D eigenvalue weighted by molar-refractivity contribution is 0.513. The highest BCUT2D eigenvalue weighted by atomic mass is 15.3. The lowest BCUT2D eigenvalue weighted by Gasteiger charge is -2.34. The normalized spacial score (nSPS) is 19.1. The highest BCUT2D eigenvalue weighted by molar-refractivity contribution is 5.53. The molecule has 2 heterocycles. The first-order valence-electron chi connectivity index (χ1n) is 5.98. The topological polar surface area (TPSA) is 42.2 Å². The van der Waals surface area contributed by atoms with Crippen LogP contribution in [0.2, 0.25) is 0 Å². The predicted octanol–water partition coefficient (Wildman–Crippen LogP) is 2.23. The molecule has 0 amide bonds. The summed E-state index contributed by atoms with van der Waals surface area (Å²) in [5.74, 6) is 1.09. The Labute approximate surface area is 97.7 Å². The number of nitrogens with two attached hydrogens (primary N) is 1. The minimum atomic E-state index is 0.213. The Bertz CT molecular complexity index is 385. The molecule has 16 heavy (non-hydrogen) atoms. The molecule has 1 aromatic rings. The Balaban J connectivity index is 2.44. The zero-order chi connectivity index (χ0) is 11.8. The number of aryl methyl sites for hydroxylation is 1. The summed E-state index contributed by atoms with van der Waals surface area (Å²) in [6, 6.07) is 2.04. The van der Waals surface area contributed by atoms with Crippen LogP contribution in [-0.4, -0.2) is 17.1 Å². The second-order valence-electron chi connectivity index (χ2n) is 5.20. The lowest BCUT2D eigenvalue weighted by Crippen LogP contribution is -2.39. The summed E-state index contributed by atoms with van der Waals surface area (Å²) in [4.78, 5) is 6.94. The second kappa shape index (κ2) is 4.06. The average molecular weight is 219 g/mol. The van der Waals surface area contributed by atoms with E-state index in [9.17, 15) is 0 Å². The third kappa shape index (κ3) is 1.80. The molecule has 1 aromatic heterocycles. The van der Waals surface area contributed by atoms with E-state index in [2.05, 4.69) is 30.7 Å². The standard InChI is InChI=1S/C13H21N3/c1-10-5-7-15-12(11(10)9-14)16-8-4-6-13(16,2)3/h5,7H,4,6,8-9,14H2,1-3H3. The van der Waals surface area contributed by atoms with Gasteiger partial charge in [0.25, 0.3) is 0 Å². The van der Waals surface area contributed by atoms with Crippen molar-refractivity contribution in [3.05, 3.63) is 23.4 Å². The van der Waals surface area contributed by atoms with Gasteiger partial charge in [0.15, 0.2) is 0 Å². The van der Waals surface area contributed by atoms with Gasteiger partial charge in [0.1, 0.15) is 5.82 Å². The molecule has 2 rings (SSSR count). The molecule has 1 aliphatic rings. The molecule has 0 radical (unpaired) electrons. The Hall–Kier alpha value is -1.09. The molecule has 1 saturated heterocycles. The van der Waals surface area contributed by atoms with E-state index in [-0.39, 0.29) is 5.54 Å². The van der Waals surface area contributed by atoms with Gasteiger partial charge in [-0.25, -0.2) is 4.98 Å². The molecule has 3 nitrogen and oxygen atoms in total. The van der Waals surface area contributed by atoms with Gasteiger partial charge in [0.2, 0.25) is 0 Å². The Morgan fingerprint density at radius 1 is 1.50 bits per heavy atom. The number of hydrogen-bond donors (Lipinski definition) is 1. The van der Waals surface area contributed by atoms with Crippen LogP contribution in [-0.2, 0) is 6.54 Å². The number of aromatic nitrogens is 1. The van der Waals surface area contributed by atoms with E-state index in [0.29, 0.717) is 6.54 Å². The summed E-state index contributed by atoms with van der Waals surface area (Å²) in [6.07, 6.45) is 4.36. The smallest absolute Gasteiger partial charge is 0.133 e. The quantitative estimate of drug-likeness (QED) is 0.829. The average Bonchev–Trinajstić information content (AvgIpc) is 2.57. The van der Waals surface area contributed by atoms with E-state index in [1.54, 1.807) is 0 Å². The molecule has 2 N–H and O–H groups in total. The maximum absolute atomic E-state index is 5.84. The van der Waals surface area contributed by atoms with Crippen LogP contribution in [0.4, 0.5) is 5.82 Å². The molecule has 1 fully saturated rings. The van der Waals surface area contributed by atoms with Crippen LogP contribution in [0.15, 0.2) is 12.3 Å². The van der Waals surface area contributed by atoms with Crippen molar-refractivity contribution in [1.82, 2.24) is 4.98 Å². The number of nitrogens with zero attached hydrogens (tertiary/aromatic N) is 2. The van der Waals surface area contributed by atoms with Crippen LogP contribution in [0.1, 0.15) is 37.8 Å². The van der Waals surface area contributed by atoms with Crippen molar-refractivity contribution in [2.24, 2.45) is 5.73 Å². The zero-order valence-electron chi connectivity index (χ0n) is 10.5. The van der Waals surface area contributed by atoms with E-state index in [0.717, 1.165) is 12.4 Å². The molecule has 0 saturated carbocycles. The van der Waals surface area contributed by atoms with Crippen LogP contribution >= 0.6 is 0 Å². The lowest BCUT2D eigenvalue weighted by atomic mass is 10.0. The Kier molecular flexibility index (Phi) is 2.89. The molecule has 88 valence electrons. The third-order valence-corrected chi connectivity index (χ3v) is 3.63. The first kappa shape index (κ1) is 11.4. The van der Waals surface area contributed by atoms with Crippen LogP contribution in [0.5, 0.6) is 0 Å². The summed E-state index contributed by atoms with van der Waals surface area (Å²) in [5, 5.41) is 0. The zero-order valence-corrected chi connectivity index (χ0v) is 10.5. The Morgan fingerprint density at radius 3 is 2.81 bits per heavy atom. The predicted molar refractivity (Wildman–Crippen MR) is 67.5 cm³/mol. The van der Waals surface area contributed by atoms with Crippen LogP contribution in [0.3, 0.4) is 0 Å². The monoisotopic (exact) mass is 219 g/mol. The number of anilines is 1. The highest BCUT2D eigenvalue weighted by Crippen LogP contribution is 2.34. The van der Waals surface area contributed by atoms with Gasteiger partial charge in [-0.1, -0.05) is 0 Å². The van der Waals surface area contributed by atoms with E-state index in [1.807, 2.05) is 12.3 Å². The van der Waals surface area contributed by atoms with Gasteiger partial charge >= 0.3 is 0 Å². The van der Waals surface area contributed by atoms with Crippen molar-refractivity contribution in [3.8, 4) is 0 Å². The van der Waals surface area contributed by atoms with Gasteiger partial charge in [0.05, 0.1) is 0 Å². The Morgan fingerprint density at radius 2 is 2.25 bits per heavy atom. The van der Waals surface area contributed by atoms with E-state index in [4.69, 9.17) is 5.73 Å². The van der Waals surface area contributed by atoms with E-state index >= 15 is 0 Å². The van der Waals surface area contributed by atoms with Crippen LogP contribution in [0.25, 0.3) is 0 Å². The van der Waals surface area contributed by atoms with Crippen molar-refractivity contribution >= 4 is 5.82 Å². The fourth-order valence-corrected chi connectivity index (χ4v) is 2.56. The number of hydrogen-bond acceptors (Lipinski definition) is 3. The van der Waals surface area contributed by atoms with Gasteiger partial charge in [-0.15, -0.1) is 0 Å². The van der Waals surface area contributed by atoms with E-state index < -0.39 is 0 Å². The molecule has 3 heteroatoms. The highest BCUT2D eigenvalue weighted by Gasteiger charge is 2.33. The summed E-state index contributed by atoms with van der Waals surface area (Å²) < 4.78 is 0. The van der Waals surface area contributed by atoms with Crippen LogP contribution < -0.4 is 10.6 Å². The minimum Gasteiger partial charge on any atom is -0.351 e. The largest absolute Gasteiger partial charge is 0.351 e. The maximum atomic E-state index is 5.84. The van der Waals surface area contributed by atoms with Crippen molar-refractivity contribution in [2.45, 2.75) is 45.7 Å². The van der Waals surface area contributed by atoms with Crippen molar-refractivity contribution in [3.63, 3.8) is 0 Å². The number of pyridine rings is 1. The molecule has 0 spiro atoms. The summed E-state index contributed by atoms with van der Waals surface area (Å²) in [5.41, 5.74) is 8.49.